The normalized spacial score (nSPS) is 16.3. The first-order chi connectivity index (χ1) is 14.6. The van der Waals surface area contributed by atoms with Gasteiger partial charge in [-0.15, -0.1) is 6.58 Å². The summed E-state index contributed by atoms with van der Waals surface area (Å²) in [5.74, 6) is 0.712. The van der Waals surface area contributed by atoms with E-state index in [0.717, 1.165) is 46.9 Å². The zero-order chi connectivity index (χ0) is 20.7. The number of hydrogen-bond donors (Lipinski definition) is 0. The number of thioether (sulfide) groups is 1. The van der Waals surface area contributed by atoms with Gasteiger partial charge in [-0.3, -0.25) is 9.36 Å². The molecule has 0 aliphatic heterocycles. The molecule has 0 unspecified atom stereocenters. The van der Waals surface area contributed by atoms with Crippen molar-refractivity contribution >= 4 is 11.8 Å². The summed E-state index contributed by atoms with van der Waals surface area (Å²) in [6, 6.07) is 16.7. The van der Waals surface area contributed by atoms with Gasteiger partial charge in [0.25, 0.3) is 5.56 Å². The fourth-order valence-corrected chi connectivity index (χ4v) is 5.90. The maximum atomic E-state index is 14.1. The largest absolute Gasteiger partial charge is 0.268 e. The van der Waals surface area contributed by atoms with Crippen LogP contribution < -0.4 is 5.56 Å². The Labute approximate surface area is 181 Å². The van der Waals surface area contributed by atoms with Crippen molar-refractivity contribution in [1.29, 1.82) is 0 Å². The van der Waals surface area contributed by atoms with Crippen LogP contribution in [0.3, 0.4) is 0 Å². The topological polar surface area (TPSA) is 34.9 Å². The third kappa shape index (κ3) is 3.05. The van der Waals surface area contributed by atoms with Crippen molar-refractivity contribution in [1.82, 2.24) is 9.55 Å². The minimum Gasteiger partial charge on any atom is -0.268 e. The van der Waals surface area contributed by atoms with E-state index in [1.54, 1.807) is 11.8 Å². The van der Waals surface area contributed by atoms with Crippen molar-refractivity contribution < 1.29 is 0 Å². The SMILES string of the molecule is C=CCSc1nc2c(c(=O)n1-c1ccc(C)cc1)C1(CCCC1)Cc1ccccc1-2. The number of aromatic nitrogens is 2. The predicted molar refractivity (Wildman–Crippen MR) is 125 cm³/mol. The maximum Gasteiger partial charge on any atom is 0.263 e. The highest BCUT2D eigenvalue weighted by Gasteiger charge is 2.44. The molecule has 0 amide bonds. The summed E-state index contributed by atoms with van der Waals surface area (Å²) in [6.45, 7) is 5.92. The highest BCUT2D eigenvalue weighted by Crippen LogP contribution is 2.50. The average molecular weight is 415 g/mol. The number of aryl methyl sites for hydroxylation is 1. The van der Waals surface area contributed by atoms with Gasteiger partial charge in [-0.2, -0.15) is 0 Å². The maximum absolute atomic E-state index is 14.1. The molecule has 3 nitrogen and oxygen atoms in total. The van der Waals surface area contributed by atoms with E-state index in [1.807, 2.05) is 22.8 Å². The summed E-state index contributed by atoms with van der Waals surface area (Å²) in [4.78, 5) is 19.3. The molecular formula is C26H26N2OS. The van der Waals surface area contributed by atoms with Gasteiger partial charge in [0.15, 0.2) is 5.16 Å². The summed E-state index contributed by atoms with van der Waals surface area (Å²) < 4.78 is 1.83. The van der Waals surface area contributed by atoms with Gasteiger partial charge >= 0.3 is 0 Å². The molecule has 1 saturated carbocycles. The standard InChI is InChI=1S/C26H26N2OS/c1-3-16-30-25-27-23-21-9-5-4-8-19(21)17-26(14-6-7-15-26)22(23)24(29)28(25)20-12-10-18(2)11-13-20/h3-5,8-13H,1,6-7,14-17H2,2H3. The molecule has 1 aromatic heterocycles. The molecule has 5 rings (SSSR count). The molecule has 30 heavy (non-hydrogen) atoms. The molecule has 152 valence electrons. The molecule has 0 saturated heterocycles. The molecule has 1 heterocycles. The molecule has 0 bridgehead atoms. The molecule has 1 fully saturated rings. The van der Waals surface area contributed by atoms with E-state index in [0.29, 0.717) is 5.75 Å². The first-order valence-electron chi connectivity index (χ1n) is 10.7. The summed E-state index contributed by atoms with van der Waals surface area (Å²) in [6.07, 6.45) is 7.30. The van der Waals surface area contributed by atoms with Crippen molar-refractivity contribution in [3.05, 3.63) is 88.2 Å². The quantitative estimate of drug-likeness (QED) is 0.305. The highest BCUT2D eigenvalue weighted by molar-refractivity contribution is 7.99. The lowest BCUT2D eigenvalue weighted by Gasteiger charge is -2.36. The van der Waals surface area contributed by atoms with Crippen LogP contribution in [-0.2, 0) is 11.8 Å². The zero-order valence-corrected chi connectivity index (χ0v) is 18.2. The Balaban J connectivity index is 1.83. The smallest absolute Gasteiger partial charge is 0.263 e. The van der Waals surface area contributed by atoms with Crippen LogP contribution in [0.4, 0.5) is 0 Å². The lowest BCUT2D eigenvalue weighted by Crippen LogP contribution is -2.40. The third-order valence-corrected chi connectivity index (χ3v) is 7.50. The number of nitrogens with zero attached hydrogens (tertiary/aromatic N) is 2. The Kier molecular flexibility index (Phi) is 4.90. The Bertz CT molecular complexity index is 1170. The van der Waals surface area contributed by atoms with Gasteiger partial charge in [0, 0.05) is 16.7 Å². The minimum absolute atomic E-state index is 0.0815. The monoisotopic (exact) mass is 414 g/mol. The van der Waals surface area contributed by atoms with Crippen LogP contribution in [-0.4, -0.2) is 15.3 Å². The lowest BCUT2D eigenvalue weighted by molar-refractivity contribution is 0.422. The molecule has 2 aliphatic rings. The molecule has 2 aliphatic carbocycles. The first-order valence-corrected chi connectivity index (χ1v) is 11.7. The van der Waals surface area contributed by atoms with E-state index in [1.165, 1.54) is 24.0 Å². The Morgan fingerprint density at radius 3 is 2.60 bits per heavy atom. The Hall–Kier alpha value is -2.59. The molecule has 0 radical (unpaired) electrons. The van der Waals surface area contributed by atoms with E-state index in [4.69, 9.17) is 4.98 Å². The molecule has 3 aromatic rings. The van der Waals surface area contributed by atoms with Crippen LogP contribution in [0.1, 0.15) is 42.4 Å². The van der Waals surface area contributed by atoms with Gasteiger partial charge in [-0.25, -0.2) is 4.98 Å². The second kappa shape index (κ2) is 7.59. The fraction of sp³-hybridized carbons (Fsp3) is 0.308. The summed E-state index contributed by atoms with van der Waals surface area (Å²) in [5.41, 5.74) is 6.37. The van der Waals surface area contributed by atoms with Crippen molar-refractivity contribution in [3.8, 4) is 16.9 Å². The summed E-state index contributed by atoms with van der Waals surface area (Å²) in [5, 5.41) is 0.743. The number of fused-ring (bicyclic) bond motifs is 4. The van der Waals surface area contributed by atoms with E-state index < -0.39 is 0 Å². The van der Waals surface area contributed by atoms with Gasteiger partial charge in [-0.1, -0.05) is 72.6 Å². The van der Waals surface area contributed by atoms with E-state index >= 15 is 0 Å². The second-order valence-electron chi connectivity index (χ2n) is 8.52. The fourth-order valence-electron chi connectivity index (χ4n) is 5.16. The van der Waals surface area contributed by atoms with Crippen LogP contribution in [0.25, 0.3) is 16.9 Å². The van der Waals surface area contributed by atoms with E-state index in [2.05, 4.69) is 49.9 Å². The van der Waals surface area contributed by atoms with Crippen LogP contribution in [0.2, 0.25) is 0 Å². The summed E-state index contributed by atoms with van der Waals surface area (Å²) >= 11 is 1.57. The average Bonchev–Trinajstić information content (AvgIpc) is 3.21. The molecule has 2 aromatic carbocycles. The van der Waals surface area contributed by atoms with Gasteiger partial charge in [0.2, 0.25) is 0 Å². The molecule has 1 spiro atoms. The minimum atomic E-state index is -0.0815. The van der Waals surface area contributed by atoms with Crippen molar-refractivity contribution in [2.45, 2.75) is 49.6 Å². The summed E-state index contributed by atoms with van der Waals surface area (Å²) in [7, 11) is 0. The third-order valence-electron chi connectivity index (χ3n) is 6.57. The Morgan fingerprint density at radius 1 is 1.13 bits per heavy atom. The van der Waals surface area contributed by atoms with E-state index in [-0.39, 0.29) is 11.0 Å². The lowest BCUT2D eigenvalue weighted by atomic mass is 9.68. The highest BCUT2D eigenvalue weighted by atomic mass is 32.2. The van der Waals surface area contributed by atoms with E-state index in [9.17, 15) is 4.79 Å². The molecular weight excluding hydrogens is 388 g/mol. The molecule has 0 atom stereocenters. The van der Waals surface area contributed by atoms with Gasteiger partial charge in [0.05, 0.1) is 16.9 Å². The number of benzene rings is 2. The van der Waals surface area contributed by atoms with Gasteiger partial charge < -0.3 is 0 Å². The van der Waals surface area contributed by atoms with Gasteiger partial charge in [-0.05, 0) is 43.9 Å². The van der Waals surface area contributed by atoms with Crippen molar-refractivity contribution in [2.24, 2.45) is 0 Å². The van der Waals surface area contributed by atoms with Gasteiger partial charge in [0.1, 0.15) is 0 Å². The Morgan fingerprint density at radius 2 is 1.87 bits per heavy atom. The van der Waals surface area contributed by atoms with Crippen LogP contribution in [0.15, 0.2) is 71.1 Å². The van der Waals surface area contributed by atoms with Crippen molar-refractivity contribution in [2.75, 3.05) is 5.75 Å². The predicted octanol–water partition coefficient (Wildman–Crippen LogP) is 5.85. The van der Waals surface area contributed by atoms with Crippen LogP contribution >= 0.6 is 11.8 Å². The second-order valence-corrected chi connectivity index (χ2v) is 9.50. The first kappa shape index (κ1) is 19.4. The zero-order valence-electron chi connectivity index (χ0n) is 17.4. The van der Waals surface area contributed by atoms with Crippen LogP contribution in [0, 0.1) is 6.92 Å². The molecule has 0 N–H and O–H groups in total. The number of rotatable bonds is 4. The van der Waals surface area contributed by atoms with Crippen molar-refractivity contribution in [3.63, 3.8) is 0 Å². The number of hydrogen-bond acceptors (Lipinski definition) is 3. The molecule has 4 heteroatoms. The van der Waals surface area contributed by atoms with Crippen LogP contribution in [0.5, 0.6) is 0 Å².